The molecule has 0 aromatic carbocycles. The summed E-state index contributed by atoms with van der Waals surface area (Å²) in [6, 6.07) is 0. The van der Waals surface area contributed by atoms with Crippen LogP contribution in [0.5, 0.6) is 0 Å². The van der Waals surface area contributed by atoms with Gasteiger partial charge in [0, 0.05) is 13.5 Å². The Hall–Kier alpha value is -1.43. The molecule has 0 spiro atoms. The lowest BCUT2D eigenvalue weighted by atomic mass is 9.92. The highest BCUT2D eigenvalue weighted by atomic mass is 16.3. The minimum absolute atomic E-state index is 0.143. The summed E-state index contributed by atoms with van der Waals surface area (Å²) in [5.74, 6) is 0.680. The molecular formula is C18H32N4O2. The molecule has 6 nitrogen and oxygen atoms in total. The molecule has 2 heterocycles. The maximum atomic E-state index is 12.1. The van der Waals surface area contributed by atoms with E-state index in [1.165, 1.54) is 51.3 Å². The molecule has 24 heavy (non-hydrogen) atoms. The second kappa shape index (κ2) is 9.16. The molecule has 0 aliphatic carbocycles. The lowest BCUT2D eigenvalue weighted by molar-refractivity contribution is -0.159. The number of amides is 1. The molecule has 0 bridgehead atoms. The normalized spacial score (nSPS) is 16.2. The SMILES string of the molecule is CCCCCCCCCCCC(=O)N1CC(O)(c2ncnn2C)C1. The highest BCUT2D eigenvalue weighted by Gasteiger charge is 2.47. The van der Waals surface area contributed by atoms with E-state index >= 15 is 0 Å². The van der Waals surface area contributed by atoms with Crippen molar-refractivity contribution in [2.75, 3.05) is 13.1 Å². The van der Waals surface area contributed by atoms with Gasteiger partial charge in [0.2, 0.25) is 5.91 Å². The van der Waals surface area contributed by atoms with Crippen LogP contribution in [0.15, 0.2) is 6.33 Å². The molecule has 0 saturated carbocycles. The van der Waals surface area contributed by atoms with Gasteiger partial charge in [-0.05, 0) is 6.42 Å². The first kappa shape index (κ1) is 18.9. The molecule has 1 aliphatic heterocycles. The highest BCUT2D eigenvalue weighted by molar-refractivity contribution is 5.77. The van der Waals surface area contributed by atoms with Crippen LogP contribution < -0.4 is 0 Å². The van der Waals surface area contributed by atoms with Crippen molar-refractivity contribution in [2.24, 2.45) is 7.05 Å². The maximum Gasteiger partial charge on any atom is 0.222 e. The van der Waals surface area contributed by atoms with Crippen molar-refractivity contribution in [3.05, 3.63) is 12.2 Å². The van der Waals surface area contributed by atoms with Gasteiger partial charge in [0.05, 0.1) is 13.1 Å². The number of likely N-dealkylation sites (tertiary alicyclic amines) is 1. The van der Waals surface area contributed by atoms with Gasteiger partial charge in [0.15, 0.2) is 11.4 Å². The molecule has 1 fully saturated rings. The summed E-state index contributed by atoms with van der Waals surface area (Å²) in [5.41, 5.74) is -1.03. The quantitative estimate of drug-likeness (QED) is 0.631. The topological polar surface area (TPSA) is 71.2 Å². The number of aliphatic hydroxyl groups is 1. The monoisotopic (exact) mass is 336 g/mol. The molecule has 6 heteroatoms. The minimum atomic E-state index is -1.03. The number of carbonyl (C=O) groups excluding carboxylic acids is 1. The zero-order valence-corrected chi connectivity index (χ0v) is 15.2. The van der Waals surface area contributed by atoms with E-state index in [0.29, 0.717) is 25.3 Å². The van der Waals surface area contributed by atoms with Crippen LogP contribution in [0.3, 0.4) is 0 Å². The second-order valence-corrected chi connectivity index (χ2v) is 7.07. The zero-order valence-electron chi connectivity index (χ0n) is 15.2. The molecule has 0 radical (unpaired) electrons. The molecule has 1 amide bonds. The van der Waals surface area contributed by atoms with E-state index in [1.54, 1.807) is 16.6 Å². The third kappa shape index (κ3) is 5.03. The molecule has 2 rings (SSSR count). The number of rotatable bonds is 11. The van der Waals surface area contributed by atoms with E-state index in [1.807, 2.05) is 0 Å². The summed E-state index contributed by atoms with van der Waals surface area (Å²) in [4.78, 5) is 18.0. The third-order valence-corrected chi connectivity index (χ3v) is 4.88. The Labute approximate surface area is 145 Å². The maximum absolute atomic E-state index is 12.1. The Bertz CT molecular complexity index is 509. The largest absolute Gasteiger partial charge is 0.378 e. The summed E-state index contributed by atoms with van der Waals surface area (Å²) in [6.45, 7) is 2.90. The Balaban J connectivity index is 1.53. The van der Waals surface area contributed by atoms with E-state index in [0.717, 1.165) is 12.8 Å². The van der Waals surface area contributed by atoms with E-state index < -0.39 is 5.60 Å². The van der Waals surface area contributed by atoms with Gasteiger partial charge < -0.3 is 10.0 Å². The number of hydrogen-bond acceptors (Lipinski definition) is 4. The second-order valence-electron chi connectivity index (χ2n) is 7.07. The molecule has 1 aromatic rings. The van der Waals surface area contributed by atoms with Crippen molar-refractivity contribution in [2.45, 2.75) is 76.7 Å². The zero-order chi connectivity index (χ0) is 17.4. The molecule has 1 aliphatic rings. The Morgan fingerprint density at radius 3 is 2.25 bits per heavy atom. The van der Waals surface area contributed by atoms with Crippen molar-refractivity contribution in [1.29, 1.82) is 0 Å². The van der Waals surface area contributed by atoms with Crippen LogP contribution in [-0.2, 0) is 17.4 Å². The summed E-state index contributed by atoms with van der Waals surface area (Å²) in [5, 5.41) is 14.5. The van der Waals surface area contributed by atoms with Crippen LogP contribution in [0.25, 0.3) is 0 Å². The number of aryl methyl sites for hydroxylation is 1. The fraction of sp³-hybridized carbons (Fsp3) is 0.833. The van der Waals surface area contributed by atoms with Gasteiger partial charge in [-0.2, -0.15) is 5.10 Å². The molecular weight excluding hydrogens is 304 g/mol. The minimum Gasteiger partial charge on any atom is -0.378 e. The average molecular weight is 336 g/mol. The Morgan fingerprint density at radius 1 is 1.12 bits per heavy atom. The van der Waals surface area contributed by atoms with Crippen LogP contribution in [0.4, 0.5) is 0 Å². The first-order valence-electron chi connectivity index (χ1n) is 9.41. The highest BCUT2D eigenvalue weighted by Crippen LogP contribution is 2.30. The van der Waals surface area contributed by atoms with E-state index in [9.17, 15) is 9.90 Å². The standard InChI is InChI=1S/C18H32N4O2/c1-3-4-5-6-7-8-9-10-11-12-16(23)22-13-18(24,14-22)17-19-15-20-21(17)2/h15,24H,3-14H2,1-2H3. The number of aromatic nitrogens is 3. The number of hydrogen-bond donors (Lipinski definition) is 1. The predicted octanol–water partition coefficient (Wildman–Crippen LogP) is 2.77. The van der Waals surface area contributed by atoms with Crippen molar-refractivity contribution >= 4 is 5.91 Å². The van der Waals surface area contributed by atoms with Crippen molar-refractivity contribution in [3.63, 3.8) is 0 Å². The lowest BCUT2D eigenvalue weighted by Crippen LogP contribution is -2.62. The number of β-amino-alcohol motifs (C(OH)–C–C–N with tert-alkyl or cyclic N) is 1. The fourth-order valence-electron chi connectivity index (χ4n) is 3.37. The molecule has 0 atom stereocenters. The van der Waals surface area contributed by atoms with Gasteiger partial charge >= 0.3 is 0 Å². The van der Waals surface area contributed by atoms with Gasteiger partial charge in [-0.3, -0.25) is 9.48 Å². The summed E-state index contributed by atoms with van der Waals surface area (Å²) >= 11 is 0. The first-order chi connectivity index (χ1) is 11.6. The molecule has 1 saturated heterocycles. The first-order valence-corrected chi connectivity index (χ1v) is 9.41. The Kier molecular flexibility index (Phi) is 7.21. The van der Waals surface area contributed by atoms with Crippen LogP contribution in [0.2, 0.25) is 0 Å². The number of unbranched alkanes of at least 4 members (excludes halogenated alkanes) is 8. The van der Waals surface area contributed by atoms with Gasteiger partial charge in [-0.25, -0.2) is 4.98 Å². The van der Waals surface area contributed by atoms with E-state index in [2.05, 4.69) is 17.0 Å². The number of nitrogens with zero attached hydrogens (tertiary/aromatic N) is 4. The van der Waals surface area contributed by atoms with Crippen molar-refractivity contribution < 1.29 is 9.90 Å². The van der Waals surface area contributed by atoms with Crippen LogP contribution in [0.1, 0.15) is 77.0 Å². The van der Waals surface area contributed by atoms with Gasteiger partial charge in [-0.15, -0.1) is 0 Å². The number of carbonyl (C=O) groups is 1. The molecule has 0 unspecified atom stereocenters. The molecule has 1 aromatic heterocycles. The molecule has 136 valence electrons. The lowest BCUT2D eigenvalue weighted by Gasteiger charge is -2.45. The van der Waals surface area contributed by atoms with Crippen LogP contribution in [0, 0.1) is 0 Å². The smallest absolute Gasteiger partial charge is 0.222 e. The predicted molar refractivity (Wildman–Crippen MR) is 93.3 cm³/mol. The van der Waals surface area contributed by atoms with E-state index in [-0.39, 0.29) is 5.91 Å². The average Bonchev–Trinajstić information content (AvgIpc) is 2.96. The van der Waals surface area contributed by atoms with Crippen molar-refractivity contribution in [3.8, 4) is 0 Å². The summed E-state index contributed by atoms with van der Waals surface area (Å²) < 4.78 is 1.57. The Morgan fingerprint density at radius 2 is 1.71 bits per heavy atom. The van der Waals surface area contributed by atoms with Crippen LogP contribution in [-0.4, -0.2) is 43.8 Å². The van der Waals surface area contributed by atoms with Crippen molar-refractivity contribution in [1.82, 2.24) is 19.7 Å². The van der Waals surface area contributed by atoms with Gasteiger partial charge in [0.25, 0.3) is 0 Å². The van der Waals surface area contributed by atoms with Crippen LogP contribution >= 0.6 is 0 Å². The summed E-state index contributed by atoms with van der Waals surface area (Å²) in [7, 11) is 1.76. The van der Waals surface area contributed by atoms with Gasteiger partial charge in [-0.1, -0.05) is 58.3 Å². The molecule has 1 N–H and O–H groups in total. The van der Waals surface area contributed by atoms with E-state index in [4.69, 9.17) is 0 Å². The fourth-order valence-corrected chi connectivity index (χ4v) is 3.37. The van der Waals surface area contributed by atoms with Gasteiger partial charge in [0.1, 0.15) is 6.33 Å². The third-order valence-electron chi connectivity index (χ3n) is 4.88. The summed E-state index contributed by atoms with van der Waals surface area (Å²) in [6.07, 6.45) is 13.3.